The molecule has 1 aliphatic carbocycles. The average Bonchev–Trinajstić information content (AvgIpc) is 2.47. The molecule has 2 atom stereocenters. The lowest BCUT2D eigenvalue weighted by molar-refractivity contribution is -0.385. The van der Waals surface area contributed by atoms with Gasteiger partial charge in [-0.3, -0.25) is 14.9 Å². The van der Waals surface area contributed by atoms with E-state index in [9.17, 15) is 14.9 Å². The van der Waals surface area contributed by atoms with Crippen molar-refractivity contribution in [2.24, 2.45) is 11.7 Å². The molecular formula is C14H19Cl2N3O3. The van der Waals surface area contributed by atoms with E-state index < -0.39 is 10.8 Å². The smallest absolute Gasteiger partial charge is 0.283 e. The topological polar surface area (TPSA) is 98.3 Å². The minimum Gasteiger partial charge on any atom is -0.349 e. The van der Waals surface area contributed by atoms with E-state index in [-0.39, 0.29) is 40.6 Å². The Morgan fingerprint density at radius 2 is 2.09 bits per heavy atom. The van der Waals surface area contributed by atoms with Crippen LogP contribution in [0.4, 0.5) is 5.69 Å². The Bertz CT molecular complexity index is 554. The molecule has 3 N–H and O–H groups in total. The maximum Gasteiger partial charge on any atom is 0.283 e. The Kier molecular flexibility index (Phi) is 7.06. The van der Waals surface area contributed by atoms with Crippen LogP contribution in [0.3, 0.4) is 0 Å². The van der Waals surface area contributed by atoms with Crippen LogP contribution in [0.15, 0.2) is 18.2 Å². The number of halogens is 2. The summed E-state index contributed by atoms with van der Waals surface area (Å²) in [6, 6.07) is 4.03. The largest absolute Gasteiger partial charge is 0.349 e. The second-order valence-electron chi connectivity index (χ2n) is 5.28. The van der Waals surface area contributed by atoms with Gasteiger partial charge in [-0.15, -0.1) is 12.4 Å². The van der Waals surface area contributed by atoms with Crippen LogP contribution in [0.2, 0.25) is 5.02 Å². The van der Waals surface area contributed by atoms with Gasteiger partial charge in [-0.2, -0.15) is 0 Å². The fourth-order valence-electron chi connectivity index (χ4n) is 2.77. The predicted octanol–water partition coefficient (Wildman–Crippen LogP) is 2.92. The van der Waals surface area contributed by atoms with Crippen LogP contribution in [-0.4, -0.2) is 23.4 Å². The Morgan fingerprint density at radius 3 is 2.73 bits per heavy atom. The SMILES string of the molecule is Cl.NCC1CCCCC1NC(=O)c1ccc(Cl)cc1[N+](=O)[O-]. The van der Waals surface area contributed by atoms with Gasteiger partial charge in [0, 0.05) is 17.1 Å². The van der Waals surface area contributed by atoms with E-state index in [0.717, 1.165) is 25.7 Å². The molecule has 22 heavy (non-hydrogen) atoms. The van der Waals surface area contributed by atoms with Crippen molar-refractivity contribution in [3.63, 3.8) is 0 Å². The summed E-state index contributed by atoms with van der Waals surface area (Å²) in [6.45, 7) is 0.508. The number of nitrogens with one attached hydrogen (secondary N) is 1. The average molecular weight is 348 g/mol. The fourth-order valence-corrected chi connectivity index (χ4v) is 2.94. The number of nitro benzene ring substituents is 1. The first-order valence-electron chi connectivity index (χ1n) is 6.97. The summed E-state index contributed by atoms with van der Waals surface area (Å²) in [5, 5.41) is 14.2. The van der Waals surface area contributed by atoms with E-state index in [0.29, 0.717) is 6.54 Å². The van der Waals surface area contributed by atoms with E-state index in [1.165, 1.54) is 18.2 Å². The molecule has 0 bridgehead atoms. The molecule has 2 rings (SSSR count). The number of hydrogen-bond acceptors (Lipinski definition) is 4. The lowest BCUT2D eigenvalue weighted by atomic mass is 9.84. The molecule has 122 valence electrons. The van der Waals surface area contributed by atoms with Crippen molar-refractivity contribution >= 4 is 35.6 Å². The number of hydrogen-bond donors (Lipinski definition) is 2. The second kappa shape index (κ2) is 8.31. The van der Waals surface area contributed by atoms with E-state index in [1.807, 2.05) is 0 Å². The van der Waals surface area contributed by atoms with Crippen molar-refractivity contribution in [3.05, 3.63) is 38.9 Å². The first-order valence-corrected chi connectivity index (χ1v) is 7.35. The third kappa shape index (κ3) is 4.32. The molecule has 1 aromatic rings. The fraction of sp³-hybridized carbons (Fsp3) is 0.500. The predicted molar refractivity (Wildman–Crippen MR) is 87.6 cm³/mol. The molecule has 1 aromatic carbocycles. The molecule has 8 heteroatoms. The Hall–Kier alpha value is -1.37. The van der Waals surface area contributed by atoms with Crippen LogP contribution in [0.25, 0.3) is 0 Å². The van der Waals surface area contributed by atoms with Crippen LogP contribution in [0.5, 0.6) is 0 Å². The molecule has 0 spiro atoms. The number of carbonyl (C=O) groups is 1. The molecule has 0 saturated heterocycles. The number of nitrogens with zero attached hydrogens (tertiary/aromatic N) is 1. The molecule has 1 saturated carbocycles. The minimum absolute atomic E-state index is 0. The lowest BCUT2D eigenvalue weighted by Crippen LogP contribution is -2.44. The molecular weight excluding hydrogens is 329 g/mol. The van der Waals surface area contributed by atoms with Gasteiger partial charge in [-0.25, -0.2) is 0 Å². The van der Waals surface area contributed by atoms with Crippen molar-refractivity contribution in [2.45, 2.75) is 31.7 Å². The van der Waals surface area contributed by atoms with Crippen molar-refractivity contribution in [1.29, 1.82) is 0 Å². The Balaban J connectivity index is 0.00000242. The first-order chi connectivity index (χ1) is 10.0. The van der Waals surface area contributed by atoms with Gasteiger partial charge in [0.2, 0.25) is 0 Å². The van der Waals surface area contributed by atoms with Crippen molar-refractivity contribution in [3.8, 4) is 0 Å². The first kappa shape index (κ1) is 18.7. The highest BCUT2D eigenvalue weighted by Crippen LogP contribution is 2.26. The lowest BCUT2D eigenvalue weighted by Gasteiger charge is -2.31. The summed E-state index contributed by atoms with van der Waals surface area (Å²) in [5.41, 5.74) is 5.48. The van der Waals surface area contributed by atoms with Crippen LogP contribution >= 0.6 is 24.0 Å². The summed E-state index contributed by atoms with van der Waals surface area (Å²) in [7, 11) is 0. The summed E-state index contributed by atoms with van der Waals surface area (Å²) in [6.07, 6.45) is 3.97. The molecule has 1 amide bonds. The van der Waals surface area contributed by atoms with E-state index in [1.54, 1.807) is 0 Å². The standard InChI is InChI=1S/C14H18ClN3O3.ClH/c15-10-5-6-11(13(7-10)18(20)21)14(19)17-12-4-2-1-3-9(12)8-16;/h5-7,9,12H,1-4,8,16H2,(H,17,19);1H. The molecule has 0 heterocycles. The van der Waals surface area contributed by atoms with Crippen LogP contribution < -0.4 is 11.1 Å². The Morgan fingerprint density at radius 1 is 1.41 bits per heavy atom. The number of nitrogens with two attached hydrogens (primary N) is 1. The van der Waals surface area contributed by atoms with Crippen molar-refractivity contribution in [2.75, 3.05) is 6.54 Å². The molecule has 6 nitrogen and oxygen atoms in total. The maximum absolute atomic E-state index is 12.3. The zero-order valence-electron chi connectivity index (χ0n) is 12.0. The molecule has 1 fully saturated rings. The molecule has 0 aliphatic heterocycles. The van der Waals surface area contributed by atoms with E-state index in [2.05, 4.69) is 5.32 Å². The van der Waals surface area contributed by atoms with Gasteiger partial charge in [-0.1, -0.05) is 24.4 Å². The molecule has 1 aliphatic rings. The van der Waals surface area contributed by atoms with Crippen molar-refractivity contribution in [1.82, 2.24) is 5.32 Å². The van der Waals surface area contributed by atoms with Gasteiger partial charge < -0.3 is 11.1 Å². The van der Waals surface area contributed by atoms with Crippen LogP contribution in [0, 0.1) is 16.0 Å². The van der Waals surface area contributed by atoms with Gasteiger partial charge in [0.1, 0.15) is 5.56 Å². The highest BCUT2D eigenvalue weighted by atomic mass is 35.5. The summed E-state index contributed by atoms with van der Waals surface area (Å²) < 4.78 is 0. The summed E-state index contributed by atoms with van der Waals surface area (Å²) in [5.74, 6) is -0.210. The maximum atomic E-state index is 12.3. The molecule has 0 aromatic heterocycles. The van der Waals surface area contributed by atoms with Gasteiger partial charge in [0.15, 0.2) is 0 Å². The quantitative estimate of drug-likeness (QED) is 0.646. The number of rotatable bonds is 4. The summed E-state index contributed by atoms with van der Waals surface area (Å²) in [4.78, 5) is 22.8. The third-order valence-corrected chi connectivity index (χ3v) is 4.16. The normalized spacial score (nSPS) is 20.8. The van der Waals surface area contributed by atoms with E-state index in [4.69, 9.17) is 17.3 Å². The van der Waals surface area contributed by atoms with Crippen molar-refractivity contribution < 1.29 is 9.72 Å². The Labute approximate surface area is 140 Å². The van der Waals surface area contributed by atoms with Gasteiger partial charge >= 0.3 is 0 Å². The number of amides is 1. The molecule has 0 radical (unpaired) electrons. The minimum atomic E-state index is -0.595. The third-order valence-electron chi connectivity index (χ3n) is 3.93. The zero-order valence-corrected chi connectivity index (χ0v) is 13.5. The highest BCUT2D eigenvalue weighted by molar-refractivity contribution is 6.31. The summed E-state index contributed by atoms with van der Waals surface area (Å²) >= 11 is 5.75. The second-order valence-corrected chi connectivity index (χ2v) is 5.72. The zero-order chi connectivity index (χ0) is 15.4. The van der Waals surface area contributed by atoms with Gasteiger partial charge in [-0.05, 0) is 37.4 Å². The monoisotopic (exact) mass is 347 g/mol. The van der Waals surface area contributed by atoms with Crippen LogP contribution in [0.1, 0.15) is 36.0 Å². The van der Waals surface area contributed by atoms with E-state index >= 15 is 0 Å². The van der Waals surface area contributed by atoms with Gasteiger partial charge in [0.25, 0.3) is 11.6 Å². The molecule has 2 unspecified atom stereocenters. The number of nitro groups is 1. The number of carbonyl (C=O) groups excluding carboxylic acids is 1. The van der Waals surface area contributed by atoms with Gasteiger partial charge in [0.05, 0.1) is 4.92 Å². The number of benzene rings is 1. The van der Waals surface area contributed by atoms with Crippen LogP contribution in [-0.2, 0) is 0 Å². The highest BCUT2D eigenvalue weighted by Gasteiger charge is 2.28.